The minimum Gasteiger partial charge on any atom is -0.290 e. The van der Waals surface area contributed by atoms with Crippen LogP contribution < -0.4 is 10.2 Å². The fraction of sp³-hybridized carbons (Fsp3) is 0.450. The number of sulfonamides is 1. The Morgan fingerprint density at radius 3 is 2.80 bits per heavy atom. The van der Waals surface area contributed by atoms with Crippen LogP contribution in [0.3, 0.4) is 0 Å². The maximum Gasteiger partial charge on any atom is 0.328 e. The first-order chi connectivity index (χ1) is 14.3. The number of rotatable bonds is 5. The number of imide groups is 1. The molecule has 3 amide bonds. The summed E-state index contributed by atoms with van der Waals surface area (Å²) in [5.41, 5.74) is 3.19. The van der Waals surface area contributed by atoms with Crippen molar-refractivity contribution in [2.75, 3.05) is 23.7 Å². The van der Waals surface area contributed by atoms with E-state index in [0.717, 1.165) is 23.9 Å². The highest BCUT2D eigenvalue weighted by Gasteiger charge is 2.29. The number of nitrogens with zero attached hydrogens (tertiary/aromatic N) is 4. The van der Waals surface area contributed by atoms with Crippen molar-refractivity contribution in [3.8, 4) is 0 Å². The van der Waals surface area contributed by atoms with Gasteiger partial charge in [0.15, 0.2) is 0 Å². The zero-order valence-corrected chi connectivity index (χ0v) is 17.7. The van der Waals surface area contributed by atoms with Gasteiger partial charge in [-0.25, -0.2) is 17.7 Å². The summed E-state index contributed by atoms with van der Waals surface area (Å²) in [5.74, 6) is 0.100. The number of amides is 3. The normalized spacial score (nSPS) is 20.7. The molecule has 2 aliphatic rings. The van der Waals surface area contributed by atoms with Crippen LogP contribution in [0.15, 0.2) is 36.8 Å². The maximum absolute atomic E-state index is 12.2. The molecule has 2 aliphatic heterocycles. The molecule has 0 saturated carbocycles. The number of hydrogen-bond acceptors (Lipinski definition) is 5. The number of anilines is 1. The number of nitrogens with one attached hydrogen (secondary N) is 1. The van der Waals surface area contributed by atoms with Gasteiger partial charge in [-0.05, 0) is 49.8 Å². The number of carbonyl (C=O) groups is 2. The van der Waals surface area contributed by atoms with Gasteiger partial charge in [0, 0.05) is 31.4 Å². The topological polar surface area (TPSA) is 104 Å². The molecule has 1 atom stereocenters. The minimum absolute atomic E-state index is 0.0764. The summed E-state index contributed by atoms with van der Waals surface area (Å²) >= 11 is 0. The predicted octanol–water partition coefficient (Wildman–Crippen LogP) is 1.90. The number of pyridine rings is 1. The number of piperidine rings is 1. The van der Waals surface area contributed by atoms with Crippen molar-refractivity contribution in [2.24, 2.45) is 5.92 Å². The molecule has 0 spiro atoms. The SMILES string of the molecule is C=C1C[C@H](Cc2ccn3ncc(N4CCC(=O)NC4=O)c3c2)CCN1S(=O)(=O)CC. The molecular formula is C20H25N5O4S. The van der Waals surface area contributed by atoms with E-state index in [-0.39, 0.29) is 18.1 Å². The smallest absolute Gasteiger partial charge is 0.290 e. The molecule has 2 aromatic heterocycles. The molecule has 30 heavy (non-hydrogen) atoms. The summed E-state index contributed by atoms with van der Waals surface area (Å²) in [6, 6.07) is 3.55. The van der Waals surface area contributed by atoms with Crippen LogP contribution in [-0.4, -0.2) is 53.1 Å². The van der Waals surface area contributed by atoms with Crippen LogP contribution >= 0.6 is 0 Å². The molecule has 160 valence electrons. The van der Waals surface area contributed by atoms with Crippen molar-refractivity contribution in [3.63, 3.8) is 0 Å². The summed E-state index contributed by atoms with van der Waals surface area (Å²) in [6.07, 6.45) is 5.92. The lowest BCUT2D eigenvalue weighted by Gasteiger charge is -2.34. The van der Waals surface area contributed by atoms with Crippen LogP contribution in [-0.2, 0) is 21.2 Å². The highest BCUT2D eigenvalue weighted by atomic mass is 32.2. The Bertz CT molecular complexity index is 1120. The molecule has 4 rings (SSSR count). The average molecular weight is 432 g/mol. The quantitative estimate of drug-likeness (QED) is 0.779. The highest BCUT2D eigenvalue weighted by Crippen LogP contribution is 2.31. The molecular weight excluding hydrogens is 406 g/mol. The third kappa shape index (κ3) is 3.79. The van der Waals surface area contributed by atoms with Gasteiger partial charge in [-0.1, -0.05) is 6.58 Å². The maximum atomic E-state index is 12.2. The van der Waals surface area contributed by atoms with Crippen molar-refractivity contribution in [1.82, 2.24) is 19.2 Å². The lowest BCUT2D eigenvalue weighted by molar-refractivity contribution is -0.120. The minimum atomic E-state index is -3.26. The highest BCUT2D eigenvalue weighted by molar-refractivity contribution is 7.89. The summed E-state index contributed by atoms with van der Waals surface area (Å²) in [5, 5.41) is 6.65. The van der Waals surface area contributed by atoms with Crippen molar-refractivity contribution in [2.45, 2.75) is 32.6 Å². The Morgan fingerprint density at radius 1 is 1.30 bits per heavy atom. The van der Waals surface area contributed by atoms with Crippen molar-refractivity contribution in [1.29, 1.82) is 0 Å². The molecule has 2 fully saturated rings. The van der Waals surface area contributed by atoms with E-state index in [0.29, 0.717) is 36.8 Å². The van der Waals surface area contributed by atoms with E-state index in [9.17, 15) is 18.0 Å². The third-order valence-corrected chi connectivity index (χ3v) is 7.59. The van der Waals surface area contributed by atoms with Crippen molar-refractivity contribution in [3.05, 3.63) is 42.4 Å². The molecule has 0 bridgehead atoms. The summed E-state index contributed by atoms with van der Waals surface area (Å²) in [4.78, 5) is 25.2. The fourth-order valence-corrected chi connectivity index (χ4v) is 5.30. The Labute approximate surface area is 175 Å². The number of hydrogen-bond donors (Lipinski definition) is 1. The Balaban J connectivity index is 1.52. The van der Waals surface area contributed by atoms with Crippen molar-refractivity contribution < 1.29 is 18.0 Å². The molecule has 9 nitrogen and oxygen atoms in total. The second-order valence-electron chi connectivity index (χ2n) is 7.75. The predicted molar refractivity (Wildman–Crippen MR) is 112 cm³/mol. The number of allylic oxidation sites excluding steroid dienone is 1. The van der Waals surface area contributed by atoms with Gasteiger partial charge in [-0.2, -0.15) is 5.10 Å². The van der Waals surface area contributed by atoms with Crippen molar-refractivity contribution >= 4 is 33.2 Å². The van der Waals surface area contributed by atoms with Crippen LogP contribution in [0.1, 0.15) is 31.7 Å². The van der Waals surface area contributed by atoms with Crippen LogP contribution in [0.25, 0.3) is 5.52 Å². The molecule has 0 radical (unpaired) electrons. The van der Waals surface area contributed by atoms with E-state index in [4.69, 9.17) is 0 Å². The monoisotopic (exact) mass is 431 g/mol. The number of aromatic nitrogens is 2. The second kappa shape index (κ2) is 7.75. The van der Waals surface area contributed by atoms with Gasteiger partial charge in [0.25, 0.3) is 0 Å². The lowest BCUT2D eigenvalue weighted by atomic mass is 9.90. The lowest BCUT2D eigenvalue weighted by Crippen LogP contribution is -2.49. The van der Waals surface area contributed by atoms with Gasteiger partial charge in [0.2, 0.25) is 15.9 Å². The molecule has 10 heteroatoms. The van der Waals surface area contributed by atoms with Crippen LogP contribution in [0.5, 0.6) is 0 Å². The van der Waals surface area contributed by atoms with Gasteiger partial charge in [-0.15, -0.1) is 0 Å². The van der Waals surface area contributed by atoms with E-state index < -0.39 is 16.1 Å². The standard InChI is InChI=1S/C20H25N5O4S/c1-3-30(28,29)25-9-5-15(10-14(25)2)11-16-4-8-24-17(12-16)18(13-21-24)23-7-6-19(26)22-20(23)27/h4,8,12-13,15H,2-3,5-7,9-11H2,1H3,(H,22,26,27)/t15-/m1/s1. The Hall–Kier alpha value is -2.88. The molecule has 2 saturated heterocycles. The van der Waals surface area contributed by atoms with E-state index in [2.05, 4.69) is 17.0 Å². The number of fused-ring (bicyclic) bond motifs is 1. The summed E-state index contributed by atoms with van der Waals surface area (Å²) in [6.45, 7) is 6.41. The second-order valence-corrected chi connectivity index (χ2v) is 9.93. The first kappa shape index (κ1) is 20.4. The molecule has 4 heterocycles. The van der Waals surface area contributed by atoms with Crippen LogP contribution in [0.4, 0.5) is 10.5 Å². The summed E-state index contributed by atoms with van der Waals surface area (Å²) < 4.78 is 27.5. The first-order valence-electron chi connectivity index (χ1n) is 10.0. The Kier molecular flexibility index (Phi) is 5.27. The van der Waals surface area contributed by atoms with Gasteiger partial charge >= 0.3 is 6.03 Å². The average Bonchev–Trinajstić information content (AvgIpc) is 3.11. The van der Waals surface area contributed by atoms with Crippen LogP contribution in [0.2, 0.25) is 0 Å². The zero-order valence-electron chi connectivity index (χ0n) is 16.9. The Morgan fingerprint density at radius 2 is 2.10 bits per heavy atom. The van der Waals surface area contributed by atoms with E-state index in [1.54, 1.807) is 17.6 Å². The van der Waals surface area contributed by atoms with E-state index in [1.165, 1.54) is 9.21 Å². The fourth-order valence-electron chi connectivity index (χ4n) is 4.13. The molecule has 2 aromatic rings. The number of carbonyl (C=O) groups excluding carboxylic acids is 2. The summed E-state index contributed by atoms with van der Waals surface area (Å²) in [7, 11) is -3.26. The van der Waals surface area contributed by atoms with Gasteiger partial charge in [-0.3, -0.25) is 19.3 Å². The van der Waals surface area contributed by atoms with Gasteiger partial charge < -0.3 is 0 Å². The largest absolute Gasteiger partial charge is 0.328 e. The molecule has 0 aliphatic carbocycles. The zero-order chi connectivity index (χ0) is 21.5. The molecule has 1 N–H and O–H groups in total. The van der Waals surface area contributed by atoms with E-state index >= 15 is 0 Å². The number of urea groups is 1. The first-order valence-corrected chi connectivity index (χ1v) is 11.6. The van der Waals surface area contributed by atoms with Crippen LogP contribution in [0, 0.1) is 5.92 Å². The van der Waals surface area contributed by atoms with E-state index in [1.807, 2.05) is 18.3 Å². The molecule has 0 aromatic carbocycles. The van der Waals surface area contributed by atoms with Gasteiger partial charge in [0.05, 0.1) is 23.2 Å². The third-order valence-electron chi connectivity index (χ3n) is 5.75. The molecule has 0 unspecified atom stereocenters. The van der Waals surface area contributed by atoms with Gasteiger partial charge in [0.1, 0.15) is 0 Å².